The molecule has 0 saturated carbocycles. The molecule has 0 aliphatic carbocycles. The molecule has 0 radical (unpaired) electrons. The van der Waals surface area contributed by atoms with E-state index in [1.54, 1.807) is 19.2 Å². The Hall–Kier alpha value is -1.79. The van der Waals surface area contributed by atoms with Crippen LogP contribution in [0.5, 0.6) is 0 Å². The number of hydroxylamine groups is 1. The topological polar surface area (TPSA) is 39.7 Å². The van der Waals surface area contributed by atoms with Crippen molar-refractivity contribution in [3.8, 4) is 0 Å². The van der Waals surface area contributed by atoms with Gasteiger partial charge in [0, 0.05) is 25.2 Å². The normalized spacial score (nSPS) is 25.0. The van der Waals surface area contributed by atoms with Crippen molar-refractivity contribution in [1.29, 1.82) is 0 Å². The molecule has 0 spiro atoms. The Balaban J connectivity index is 0.000000173. The molecule has 2 aromatic rings. The fourth-order valence-corrected chi connectivity index (χ4v) is 3.35. The summed E-state index contributed by atoms with van der Waals surface area (Å²) in [6.45, 7) is 2.53. The molecular weight excluding hydrogens is 321 g/mol. The van der Waals surface area contributed by atoms with Gasteiger partial charge in [-0.2, -0.15) is 5.48 Å². The summed E-state index contributed by atoms with van der Waals surface area (Å²) < 4.78 is 24.3. The van der Waals surface area contributed by atoms with Gasteiger partial charge in [0.05, 0.1) is 25.4 Å². The minimum absolute atomic E-state index is 0.198. The molecule has 25 heavy (non-hydrogen) atoms. The first kappa shape index (κ1) is 18.0. The highest BCUT2D eigenvalue weighted by Gasteiger charge is 2.49. The van der Waals surface area contributed by atoms with Crippen LogP contribution < -0.4 is 5.48 Å². The number of methoxy groups -OCH3 is 1. The molecule has 2 saturated heterocycles. The molecule has 1 N–H and O–H groups in total. The van der Waals surface area contributed by atoms with Crippen molar-refractivity contribution >= 4 is 0 Å². The van der Waals surface area contributed by atoms with Gasteiger partial charge in [0.2, 0.25) is 0 Å². The van der Waals surface area contributed by atoms with Crippen LogP contribution in [-0.4, -0.2) is 26.9 Å². The van der Waals surface area contributed by atoms with Gasteiger partial charge in [0.15, 0.2) is 0 Å². The second-order valence-corrected chi connectivity index (χ2v) is 6.32. The smallest absolute Gasteiger partial charge is 0.128 e. The maximum Gasteiger partial charge on any atom is 0.128 e. The van der Waals surface area contributed by atoms with E-state index in [4.69, 9.17) is 14.3 Å². The lowest BCUT2D eigenvalue weighted by molar-refractivity contribution is -0.0226. The Labute approximate surface area is 147 Å². The van der Waals surface area contributed by atoms with Crippen LogP contribution in [-0.2, 0) is 26.5 Å². The number of rotatable bonds is 3. The number of fused-ring (bicyclic) bond motifs is 1. The SMILES string of the molecule is COCc1ccccc1.Fc1ccccc1C12COCCC1CON2. The minimum Gasteiger partial charge on any atom is -0.380 e. The van der Waals surface area contributed by atoms with Crippen molar-refractivity contribution < 1.29 is 18.7 Å². The molecule has 134 valence electrons. The van der Waals surface area contributed by atoms with E-state index in [9.17, 15) is 4.39 Å². The number of nitrogens with one attached hydrogen (secondary N) is 1. The molecule has 4 nitrogen and oxygen atoms in total. The Morgan fingerprint density at radius 2 is 1.92 bits per heavy atom. The quantitative estimate of drug-likeness (QED) is 0.925. The summed E-state index contributed by atoms with van der Waals surface area (Å²) in [5.74, 6) is 0.0918. The Morgan fingerprint density at radius 1 is 1.16 bits per heavy atom. The number of hydrogen-bond donors (Lipinski definition) is 1. The van der Waals surface area contributed by atoms with Crippen molar-refractivity contribution in [3.63, 3.8) is 0 Å². The van der Waals surface area contributed by atoms with Crippen LogP contribution in [0, 0.1) is 11.7 Å². The molecule has 2 unspecified atom stereocenters. The van der Waals surface area contributed by atoms with E-state index >= 15 is 0 Å². The van der Waals surface area contributed by atoms with Crippen LogP contribution in [0.25, 0.3) is 0 Å². The molecule has 2 fully saturated rings. The summed E-state index contributed by atoms with van der Waals surface area (Å²) in [7, 11) is 1.70. The van der Waals surface area contributed by atoms with Crippen LogP contribution in [0.3, 0.4) is 0 Å². The predicted octanol–water partition coefficient (Wildman–Crippen LogP) is 3.43. The first-order chi connectivity index (χ1) is 12.3. The lowest BCUT2D eigenvalue weighted by Crippen LogP contribution is -2.49. The fraction of sp³-hybridized carbons (Fsp3) is 0.400. The van der Waals surface area contributed by atoms with E-state index in [0.29, 0.717) is 25.4 Å². The molecule has 2 heterocycles. The van der Waals surface area contributed by atoms with Crippen LogP contribution in [0.4, 0.5) is 4.39 Å². The highest BCUT2D eigenvalue weighted by Crippen LogP contribution is 2.40. The predicted molar refractivity (Wildman–Crippen MR) is 93.2 cm³/mol. The standard InChI is InChI=1S/C12H14FNO2.C8H10O/c13-11-4-2-1-3-10(11)12-8-15-6-5-9(12)7-16-14-12;1-9-7-8-5-3-2-4-6-8/h1-4,9,14H,5-8H2;2-6H,7H2,1H3. The van der Waals surface area contributed by atoms with Crippen molar-refractivity contribution in [2.75, 3.05) is 26.9 Å². The number of ether oxygens (including phenoxy) is 2. The summed E-state index contributed by atoms with van der Waals surface area (Å²) >= 11 is 0. The molecular formula is C20H24FNO3. The van der Waals surface area contributed by atoms with E-state index < -0.39 is 5.54 Å². The Kier molecular flexibility index (Phi) is 6.15. The molecule has 5 heteroatoms. The minimum atomic E-state index is -0.496. The first-order valence-corrected chi connectivity index (χ1v) is 8.51. The summed E-state index contributed by atoms with van der Waals surface area (Å²) in [4.78, 5) is 5.31. The third kappa shape index (κ3) is 4.07. The van der Waals surface area contributed by atoms with Gasteiger partial charge in [0.1, 0.15) is 5.82 Å². The lowest BCUT2D eigenvalue weighted by atomic mass is 9.77. The molecule has 0 bridgehead atoms. The van der Waals surface area contributed by atoms with E-state index in [1.165, 1.54) is 11.6 Å². The maximum atomic E-state index is 13.9. The summed E-state index contributed by atoms with van der Waals surface area (Å²) in [5.41, 5.74) is 4.34. The highest BCUT2D eigenvalue weighted by molar-refractivity contribution is 5.28. The third-order valence-corrected chi connectivity index (χ3v) is 4.68. The second-order valence-electron chi connectivity index (χ2n) is 6.32. The molecule has 2 aliphatic heterocycles. The van der Waals surface area contributed by atoms with Gasteiger partial charge in [-0.05, 0) is 18.1 Å². The van der Waals surface area contributed by atoms with E-state index in [0.717, 1.165) is 13.0 Å². The lowest BCUT2D eigenvalue weighted by Gasteiger charge is -2.37. The van der Waals surface area contributed by atoms with Crippen LogP contribution in [0.2, 0.25) is 0 Å². The molecule has 2 aliphatic rings. The average Bonchev–Trinajstić information content (AvgIpc) is 3.09. The van der Waals surface area contributed by atoms with Crippen molar-refractivity contribution in [3.05, 3.63) is 71.5 Å². The third-order valence-electron chi connectivity index (χ3n) is 4.68. The van der Waals surface area contributed by atoms with Crippen LogP contribution in [0.1, 0.15) is 17.5 Å². The zero-order chi connectivity index (χ0) is 17.5. The largest absolute Gasteiger partial charge is 0.380 e. The van der Waals surface area contributed by atoms with Gasteiger partial charge in [-0.1, -0.05) is 48.5 Å². The summed E-state index contributed by atoms with van der Waals surface area (Å²) in [5, 5.41) is 0. The van der Waals surface area contributed by atoms with Crippen molar-refractivity contribution in [1.82, 2.24) is 5.48 Å². The van der Waals surface area contributed by atoms with Gasteiger partial charge in [-0.3, -0.25) is 0 Å². The van der Waals surface area contributed by atoms with Gasteiger partial charge >= 0.3 is 0 Å². The Morgan fingerprint density at radius 3 is 2.68 bits per heavy atom. The van der Waals surface area contributed by atoms with Crippen LogP contribution >= 0.6 is 0 Å². The molecule has 2 atom stereocenters. The molecule has 0 amide bonds. The molecule has 0 aromatic heterocycles. The monoisotopic (exact) mass is 345 g/mol. The van der Waals surface area contributed by atoms with Gasteiger partial charge < -0.3 is 14.3 Å². The average molecular weight is 345 g/mol. The number of benzene rings is 2. The van der Waals surface area contributed by atoms with Crippen LogP contribution in [0.15, 0.2) is 54.6 Å². The van der Waals surface area contributed by atoms with E-state index in [2.05, 4.69) is 5.48 Å². The molecule has 4 rings (SSSR count). The van der Waals surface area contributed by atoms with Crippen molar-refractivity contribution in [2.45, 2.75) is 18.6 Å². The maximum absolute atomic E-state index is 13.9. The van der Waals surface area contributed by atoms with Gasteiger partial charge in [-0.25, -0.2) is 4.39 Å². The fourth-order valence-electron chi connectivity index (χ4n) is 3.35. The van der Waals surface area contributed by atoms with Gasteiger partial charge in [0.25, 0.3) is 0 Å². The zero-order valence-electron chi connectivity index (χ0n) is 14.4. The van der Waals surface area contributed by atoms with E-state index in [1.807, 2.05) is 36.4 Å². The summed E-state index contributed by atoms with van der Waals surface area (Å²) in [6.07, 6.45) is 0.904. The zero-order valence-corrected chi connectivity index (χ0v) is 14.4. The highest BCUT2D eigenvalue weighted by atomic mass is 19.1. The molecule has 2 aromatic carbocycles. The van der Waals surface area contributed by atoms with Crippen molar-refractivity contribution in [2.24, 2.45) is 5.92 Å². The second kappa shape index (κ2) is 8.54. The van der Waals surface area contributed by atoms with Gasteiger partial charge in [-0.15, -0.1) is 0 Å². The summed E-state index contributed by atoms with van der Waals surface area (Å²) in [6, 6.07) is 16.9. The first-order valence-electron chi connectivity index (χ1n) is 8.51. The number of halogens is 1. The Bertz CT molecular complexity index is 667. The van der Waals surface area contributed by atoms with E-state index in [-0.39, 0.29) is 11.7 Å². The number of hydrogen-bond acceptors (Lipinski definition) is 4.